The Balaban J connectivity index is 2.09. The van der Waals surface area contributed by atoms with E-state index in [1.807, 2.05) is 11.1 Å². The van der Waals surface area contributed by atoms with E-state index < -0.39 is 0 Å². The lowest BCUT2D eigenvalue weighted by Crippen LogP contribution is -2.53. The minimum atomic E-state index is -0.387. The largest absolute Gasteiger partial charge is 0.302 e. The fourth-order valence-electron chi connectivity index (χ4n) is 3.67. The molecule has 1 saturated heterocycles. The Kier molecular flexibility index (Phi) is 6.17. The second kappa shape index (κ2) is 7.94. The zero-order valence-corrected chi connectivity index (χ0v) is 15.4. The third-order valence-corrected chi connectivity index (χ3v) is 5.32. The Bertz CT molecular complexity index is 625. The monoisotopic (exact) mass is 327 g/mol. The number of benzene rings is 1. The van der Waals surface area contributed by atoms with Gasteiger partial charge < -0.3 is 4.84 Å². The Morgan fingerprint density at radius 2 is 2.04 bits per heavy atom. The van der Waals surface area contributed by atoms with Crippen molar-refractivity contribution in [2.75, 3.05) is 33.8 Å². The topological polar surface area (TPSA) is 39.5 Å². The highest BCUT2D eigenvalue weighted by Crippen LogP contribution is 2.28. The molecule has 1 heterocycles. The highest BCUT2D eigenvalue weighted by atomic mass is 16.7. The Morgan fingerprint density at radius 1 is 1.38 bits per heavy atom. The summed E-state index contributed by atoms with van der Waals surface area (Å²) in [5, 5.41) is 11.7. The van der Waals surface area contributed by atoms with Crippen molar-refractivity contribution in [3.05, 3.63) is 41.0 Å². The molecule has 0 radical (unpaired) electrons. The first kappa shape index (κ1) is 18.7. The Hall–Kier alpha value is -1.67. The van der Waals surface area contributed by atoms with Gasteiger partial charge in [0, 0.05) is 19.6 Å². The van der Waals surface area contributed by atoms with E-state index >= 15 is 0 Å². The minimum absolute atomic E-state index is 0.387. The average molecular weight is 327 g/mol. The van der Waals surface area contributed by atoms with E-state index in [1.54, 1.807) is 7.11 Å². The minimum Gasteiger partial charge on any atom is -0.302 e. The lowest BCUT2D eigenvalue weighted by molar-refractivity contribution is -0.155. The fourth-order valence-corrected chi connectivity index (χ4v) is 3.67. The van der Waals surface area contributed by atoms with Crippen LogP contribution >= 0.6 is 0 Å². The molecule has 0 unspecified atom stereocenters. The highest BCUT2D eigenvalue weighted by molar-refractivity contribution is 5.56. The number of aryl methyl sites for hydroxylation is 2. The second-order valence-corrected chi connectivity index (χ2v) is 6.78. The number of hydroxylamine groups is 2. The summed E-state index contributed by atoms with van der Waals surface area (Å²) >= 11 is 0. The Morgan fingerprint density at radius 3 is 2.58 bits per heavy atom. The van der Waals surface area contributed by atoms with Gasteiger partial charge in [0.05, 0.1) is 13.2 Å². The number of rotatable bonds is 6. The van der Waals surface area contributed by atoms with Gasteiger partial charge in [-0.15, -0.1) is 0 Å². The summed E-state index contributed by atoms with van der Waals surface area (Å²) < 4.78 is 0. The molecule has 0 N–H and O–H groups in total. The molecule has 1 aliphatic rings. The van der Waals surface area contributed by atoms with Crippen molar-refractivity contribution in [3.8, 4) is 6.07 Å². The van der Waals surface area contributed by atoms with Crippen LogP contribution in [0.4, 0.5) is 0 Å². The van der Waals surface area contributed by atoms with Gasteiger partial charge in [-0.2, -0.15) is 10.3 Å². The summed E-state index contributed by atoms with van der Waals surface area (Å²) in [6.45, 7) is 10.7. The van der Waals surface area contributed by atoms with Crippen molar-refractivity contribution in [1.82, 2.24) is 9.96 Å². The molecule has 1 aliphatic heterocycles. The lowest BCUT2D eigenvalue weighted by atomic mass is 9.87. The van der Waals surface area contributed by atoms with Gasteiger partial charge in [0.1, 0.15) is 5.54 Å². The van der Waals surface area contributed by atoms with Crippen molar-refractivity contribution in [3.63, 3.8) is 0 Å². The summed E-state index contributed by atoms with van der Waals surface area (Å²) in [6.07, 6.45) is 4.50. The zero-order chi connectivity index (χ0) is 17.7. The van der Waals surface area contributed by atoms with Crippen LogP contribution < -0.4 is 0 Å². The van der Waals surface area contributed by atoms with Gasteiger partial charge in [-0.25, -0.2) is 0 Å². The molecule has 0 bridgehead atoms. The first-order valence-electron chi connectivity index (χ1n) is 8.60. The van der Waals surface area contributed by atoms with Crippen LogP contribution in [-0.4, -0.2) is 49.3 Å². The molecule has 1 aromatic rings. The second-order valence-electron chi connectivity index (χ2n) is 6.78. The molecule has 0 aromatic heterocycles. The third-order valence-electron chi connectivity index (χ3n) is 5.32. The smallest absolute Gasteiger partial charge is 0.111 e. The van der Waals surface area contributed by atoms with Gasteiger partial charge in [-0.1, -0.05) is 30.4 Å². The molecule has 0 atom stereocenters. The van der Waals surface area contributed by atoms with Gasteiger partial charge in [0.25, 0.3) is 0 Å². The van der Waals surface area contributed by atoms with Crippen molar-refractivity contribution >= 4 is 6.08 Å². The van der Waals surface area contributed by atoms with Crippen LogP contribution in [0.25, 0.3) is 6.08 Å². The van der Waals surface area contributed by atoms with Gasteiger partial charge >= 0.3 is 0 Å². The van der Waals surface area contributed by atoms with E-state index in [-0.39, 0.29) is 5.54 Å². The van der Waals surface area contributed by atoms with Crippen molar-refractivity contribution in [2.45, 2.75) is 38.6 Å². The van der Waals surface area contributed by atoms with Crippen LogP contribution in [-0.2, 0) is 11.3 Å². The van der Waals surface area contributed by atoms with E-state index in [1.165, 1.54) is 22.3 Å². The third kappa shape index (κ3) is 3.87. The van der Waals surface area contributed by atoms with Gasteiger partial charge in [-0.3, -0.25) is 4.90 Å². The fraction of sp³-hybridized carbons (Fsp3) is 0.550. The molecule has 4 heteroatoms. The van der Waals surface area contributed by atoms with Crippen LogP contribution in [0.3, 0.4) is 0 Å². The normalized spacial score (nSPS) is 17.7. The molecule has 0 amide bonds. The Labute approximate surface area is 146 Å². The molecular weight excluding hydrogens is 298 g/mol. The average Bonchev–Trinajstić information content (AvgIpc) is 2.60. The molecule has 4 nitrogen and oxygen atoms in total. The number of piperidine rings is 1. The van der Waals surface area contributed by atoms with Gasteiger partial charge in [-0.05, 0) is 56.8 Å². The molecule has 130 valence electrons. The first-order valence-corrected chi connectivity index (χ1v) is 8.60. The number of nitriles is 1. The van der Waals surface area contributed by atoms with E-state index in [9.17, 15) is 5.26 Å². The summed E-state index contributed by atoms with van der Waals surface area (Å²) in [5.41, 5.74) is 4.73. The molecular formula is C20H29N3O. The molecule has 2 rings (SSSR count). The number of nitrogens with zero attached hydrogens (tertiary/aromatic N) is 3. The quantitative estimate of drug-likeness (QED) is 0.803. The van der Waals surface area contributed by atoms with Crippen molar-refractivity contribution < 1.29 is 4.84 Å². The van der Waals surface area contributed by atoms with Crippen LogP contribution in [0.5, 0.6) is 0 Å². The number of likely N-dealkylation sites (N-methyl/N-ethyl adjacent to an activating group) is 1. The predicted octanol–water partition coefficient (Wildman–Crippen LogP) is 3.34. The van der Waals surface area contributed by atoms with E-state index in [2.05, 4.69) is 50.6 Å². The standard InChI is InChI=1S/C20H29N3O/c1-6-18-14-16(2)13-17(3)19(18)7-10-22(4)20(15-21)8-11-23(24-5)12-9-20/h6,13-14H,1,7-12H2,2-5H3. The molecule has 0 saturated carbocycles. The molecule has 0 aliphatic carbocycles. The molecule has 24 heavy (non-hydrogen) atoms. The summed E-state index contributed by atoms with van der Waals surface area (Å²) in [6, 6.07) is 6.98. The first-order chi connectivity index (χ1) is 11.5. The van der Waals surface area contributed by atoms with E-state index in [0.29, 0.717) is 0 Å². The maximum atomic E-state index is 9.79. The maximum absolute atomic E-state index is 9.79. The molecule has 1 fully saturated rings. The van der Waals surface area contributed by atoms with Crippen LogP contribution in [0.1, 0.15) is 35.1 Å². The maximum Gasteiger partial charge on any atom is 0.111 e. The van der Waals surface area contributed by atoms with Crippen molar-refractivity contribution in [1.29, 1.82) is 5.26 Å². The van der Waals surface area contributed by atoms with Gasteiger partial charge in [0.15, 0.2) is 0 Å². The van der Waals surface area contributed by atoms with E-state index in [4.69, 9.17) is 4.84 Å². The molecule has 0 spiro atoms. The highest BCUT2D eigenvalue weighted by Gasteiger charge is 2.38. The molecule has 1 aromatic carbocycles. The van der Waals surface area contributed by atoms with Crippen LogP contribution in [0.15, 0.2) is 18.7 Å². The summed E-state index contributed by atoms with van der Waals surface area (Å²) in [5.74, 6) is 0. The predicted molar refractivity (Wildman–Crippen MR) is 98.5 cm³/mol. The number of hydrogen-bond acceptors (Lipinski definition) is 4. The zero-order valence-electron chi connectivity index (χ0n) is 15.4. The van der Waals surface area contributed by atoms with Crippen LogP contribution in [0.2, 0.25) is 0 Å². The van der Waals surface area contributed by atoms with Gasteiger partial charge in [0.2, 0.25) is 0 Å². The summed E-state index contributed by atoms with van der Waals surface area (Å²) in [4.78, 5) is 7.52. The summed E-state index contributed by atoms with van der Waals surface area (Å²) in [7, 11) is 3.77. The lowest BCUT2D eigenvalue weighted by Gasteiger charge is -2.42. The van der Waals surface area contributed by atoms with E-state index in [0.717, 1.165) is 38.9 Å². The number of hydrogen-bond donors (Lipinski definition) is 0. The van der Waals surface area contributed by atoms with Crippen molar-refractivity contribution in [2.24, 2.45) is 0 Å². The SMILES string of the molecule is C=Cc1cc(C)cc(C)c1CCN(C)C1(C#N)CCN(OC)CC1. The van der Waals surface area contributed by atoms with Crippen LogP contribution in [0, 0.1) is 25.2 Å².